The van der Waals surface area contributed by atoms with Crippen molar-refractivity contribution in [1.82, 2.24) is 4.90 Å². The number of carbonyl (C=O) groups is 2. The summed E-state index contributed by atoms with van der Waals surface area (Å²) in [7, 11) is 0. The lowest BCUT2D eigenvalue weighted by molar-refractivity contribution is -0.127. The third-order valence-electron chi connectivity index (χ3n) is 5.12. The van der Waals surface area contributed by atoms with Crippen LogP contribution in [0.15, 0.2) is 54.6 Å². The molecule has 0 bridgehead atoms. The number of amides is 2. The van der Waals surface area contributed by atoms with Crippen molar-refractivity contribution in [3.05, 3.63) is 65.7 Å². The monoisotopic (exact) mass is 397 g/mol. The molecule has 1 aliphatic rings. The van der Waals surface area contributed by atoms with Gasteiger partial charge in [-0.25, -0.2) is 0 Å². The fraction of sp³-hybridized carbons (Fsp3) is 0.364. The Hall–Kier alpha value is -2.31. The molecule has 5 nitrogen and oxygen atoms in total. The first-order valence-electron chi connectivity index (χ1n) is 9.54. The summed E-state index contributed by atoms with van der Waals surface area (Å²) < 4.78 is 0. The highest BCUT2D eigenvalue weighted by Gasteiger charge is 2.34. The van der Waals surface area contributed by atoms with E-state index in [2.05, 4.69) is 17.4 Å². The maximum Gasteiger partial charge on any atom is 0.234 e. The van der Waals surface area contributed by atoms with Gasteiger partial charge in [0.25, 0.3) is 0 Å². The number of hydrogen-bond acceptors (Lipinski definition) is 4. The standard InChI is InChI=1S/C22H27N3O2S/c1-16-7-9-19(10-8-16)24-21(26)14-28-15-22(27)25-12-18(11-23)20(13-25)17-5-3-2-4-6-17/h2-10,18,20H,11-15,23H2,1H3,(H,24,26)/t18-,20+/m1/s1. The topological polar surface area (TPSA) is 75.4 Å². The Balaban J connectivity index is 1.46. The Bertz CT molecular complexity index is 795. The van der Waals surface area contributed by atoms with Crippen LogP contribution >= 0.6 is 11.8 Å². The molecule has 0 unspecified atom stereocenters. The van der Waals surface area contributed by atoms with Crippen molar-refractivity contribution in [2.75, 3.05) is 36.5 Å². The lowest BCUT2D eigenvalue weighted by Gasteiger charge is -2.16. The van der Waals surface area contributed by atoms with E-state index in [4.69, 9.17) is 5.73 Å². The molecule has 2 atom stereocenters. The summed E-state index contributed by atoms with van der Waals surface area (Å²) in [5.74, 6) is 1.11. The van der Waals surface area contributed by atoms with E-state index in [1.165, 1.54) is 17.3 Å². The van der Waals surface area contributed by atoms with Crippen molar-refractivity contribution >= 4 is 29.3 Å². The highest BCUT2D eigenvalue weighted by Crippen LogP contribution is 2.32. The number of thioether (sulfide) groups is 1. The van der Waals surface area contributed by atoms with Gasteiger partial charge >= 0.3 is 0 Å². The molecule has 0 spiro atoms. The van der Waals surface area contributed by atoms with Crippen LogP contribution in [-0.2, 0) is 9.59 Å². The van der Waals surface area contributed by atoms with Gasteiger partial charge in [-0.2, -0.15) is 0 Å². The van der Waals surface area contributed by atoms with E-state index >= 15 is 0 Å². The molecule has 1 heterocycles. The van der Waals surface area contributed by atoms with Crippen molar-refractivity contribution in [1.29, 1.82) is 0 Å². The molecule has 2 amide bonds. The summed E-state index contributed by atoms with van der Waals surface area (Å²) >= 11 is 1.35. The van der Waals surface area contributed by atoms with Crippen LogP contribution in [0.3, 0.4) is 0 Å². The van der Waals surface area contributed by atoms with Crippen LogP contribution in [0.2, 0.25) is 0 Å². The minimum Gasteiger partial charge on any atom is -0.341 e. The van der Waals surface area contributed by atoms with E-state index in [9.17, 15) is 9.59 Å². The quantitative estimate of drug-likeness (QED) is 0.753. The molecule has 1 aliphatic heterocycles. The largest absolute Gasteiger partial charge is 0.341 e. The van der Waals surface area contributed by atoms with Gasteiger partial charge in [-0.05, 0) is 37.1 Å². The summed E-state index contributed by atoms with van der Waals surface area (Å²) in [6.07, 6.45) is 0. The molecule has 0 aromatic heterocycles. The van der Waals surface area contributed by atoms with Gasteiger partial charge < -0.3 is 16.0 Å². The van der Waals surface area contributed by atoms with E-state index in [1.807, 2.05) is 54.3 Å². The Morgan fingerprint density at radius 1 is 1.07 bits per heavy atom. The number of carbonyl (C=O) groups excluding carboxylic acids is 2. The van der Waals surface area contributed by atoms with Crippen molar-refractivity contribution in [2.24, 2.45) is 11.7 Å². The zero-order chi connectivity index (χ0) is 19.9. The molecule has 0 aliphatic carbocycles. The molecule has 28 heavy (non-hydrogen) atoms. The number of nitrogens with zero attached hydrogens (tertiary/aromatic N) is 1. The Kier molecular flexibility index (Phi) is 7.12. The number of anilines is 1. The predicted molar refractivity (Wildman–Crippen MR) is 115 cm³/mol. The van der Waals surface area contributed by atoms with Gasteiger partial charge in [0.05, 0.1) is 11.5 Å². The molecule has 0 saturated carbocycles. The summed E-state index contributed by atoms with van der Waals surface area (Å²) in [5.41, 5.74) is 9.11. The van der Waals surface area contributed by atoms with Crippen LogP contribution in [-0.4, -0.2) is 47.9 Å². The van der Waals surface area contributed by atoms with Crippen molar-refractivity contribution in [3.8, 4) is 0 Å². The van der Waals surface area contributed by atoms with Gasteiger partial charge in [0, 0.05) is 24.7 Å². The Morgan fingerprint density at radius 3 is 2.46 bits per heavy atom. The molecular formula is C22H27N3O2S. The fourth-order valence-electron chi connectivity index (χ4n) is 3.55. The van der Waals surface area contributed by atoms with Crippen LogP contribution in [0.4, 0.5) is 5.69 Å². The molecule has 1 fully saturated rings. The normalized spacial score (nSPS) is 18.9. The van der Waals surface area contributed by atoms with Gasteiger partial charge in [-0.15, -0.1) is 11.8 Å². The number of benzene rings is 2. The van der Waals surface area contributed by atoms with Crippen molar-refractivity contribution < 1.29 is 9.59 Å². The second-order valence-corrected chi connectivity index (χ2v) is 8.20. The van der Waals surface area contributed by atoms with Gasteiger partial charge in [-0.3, -0.25) is 9.59 Å². The lowest BCUT2D eigenvalue weighted by atomic mass is 9.89. The number of likely N-dealkylation sites (tertiary alicyclic amines) is 1. The van der Waals surface area contributed by atoms with Gasteiger partial charge in [0.15, 0.2) is 0 Å². The molecular weight excluding hydrogens is 370 g/mol. The van der Waals surface area contributed by atoms with E-state index in [1.54, 1.807) is 0 Å². The molecule has 148 valence electrons. The highest BCUT2D eigenvalue weighted by molar-refractivity contribution is 8.00. The summed E-state index contributed by atoms with van der Waals surface area (Å²) in [5, 5.41) is 2.86. The van der Waals surface area contributed by atoms with Crippen molar-refractivity contribution in [2.45, 2.75) is 12.8 Å². The van der Waals surface area contributed by atoms with Crippen LogP contribution in [0.1, 0.15) is 17.0 Å². The SMILES string of the molecule is Cc1ccc(NC(=O)CSCC(=O)N2C[C@@H](CN)[C@H](c3ccccc3)C2)cc1. The number of nitrogens with one attached hydrogen (secondary N) is 1. The minimum absolute atomic E-state index is 0.0741. The molecule has 2 aromatic carbocycles. The number of aryl methyl sites for hydroxylation is 1. The molecule has 2 aromatic rings. The zero-order valence-corrected chi connectivity index (χ0v) is 17.0. The van der Waals surface area contributed by atoms with Crippen LogP contribution < -0.4 is 11.1 Å². The molecule has 0 radical (unpaired) electrons. The minimum atomic E-state index is -0.0925. The van der Waals surface area contributed by atoms with Crippen LogP contribution in [0, 0.1) is 12.8 Å². The maximum atomic E-state index is 12.6. The number of rotatable bonds is 7. The van der Waals surface area contributed by atoms with E-state index < -0.39 is 0 Å². The molecule has 1 saturated heterocycles. The van der Waals surface area contributed by atoms with E-state index in [0.717, 1.165) is 11.3 Å². The second kappa shape index (κ2) is 9.75. The third-order valence-corrected chi connectivity index (χ3v) is 6.04. The third kappa shape index (κ3) is 5.36. The summed E-state index contributed by atoms with van der Waals surface area (Å²) in [6.45, 7) is 3.95. The smallest absolute Gasteiger partial charge is 0.234 e. The molecule has 6 heteroatoms. The maximum absolute atomic E-state index is 12.6. The van der Waals surface area contributed by atoms with Gasteiger partial charge in [0.2, 0.25) is 11.8 Å². The average molecular weight is 398 g/mol. The van der Waals surface area contributed by atoms with Crippen LogP contribution in [0.25, 0.3) is 0 Å². The van der Waals surface area contributed by atoms with Gasteiger partial charge in [0.1, 0.15) is 0 Å². The first kappa shape index (κ1) is 20.4. The average Bonchev–Trinajstić information content (AvgIpc) is 3.15. The highest BCUT2D eigenvalue weighted by atomic mass is 32.2. The fourth-order valence-corrected chi connectivity index (χ4v) is 4.26. The number of hydrogen-bond donors (Lipinski definition) is 2. The van der Waals surface area contributed by atoms with Crippen LogP contribution in [0.5, 0.6) is 0 Å². The van der Waals surface area contributed by atoms with Crippen molar-refractivity contribution in [3.63, 3.8) is 0 Å². The predicted octanol–water partition coefficient (Wildman–Crippen LogP) is 2.87. The first-order chi connectivity index (χ1) is 13.6. The summed E-state index contributed by atoms with van der Waals surface area (Å²) in [6, 6.07) is 17.9. The van der Waals surface area contributed by atoms with Gasteiger partial charge in [-0.1, -0.05) is 48.0 Å². The van der Waals surface area contributed by atoms with E-state index in [0.29, 0.717) is 25.4 Å². The lowest BCUT2D eigenvalue weighted by Crippen LogP contribution is -2.31. The first-order valence-corrected chi connectivity index (χ1v) is 10.7. The molecule has 3 N–H and O–H groups in total. The number of nitrogens with two attached hydrogens (primary N) is 1. The summed E-state index contributed by atoms with van der Waals surface area (Å²) in [4.78, 5) is 26.5. The Morgan fingerprint density at radius 2 is 1.79 bits per heavy atom. The Labute approximate surface area is 170 Å². The second-order valence-electron chi connectivity index (χ2n) is 7.22. The molecule has 3 rings (SSSR count). The van der Waals surface area contributed by atoms with E-state index in [-0.39, 0.29) is 29.4 Å². The zero-order valence-electron chi connectivity index (χ0n) is 16.1.